The maximum atomic E-state index is 10.3. The van der Waals surface area contributed by atoms with Crippen molar-refractivity contribution in [3.8, 4) is 5.75 Å². The Balaban J connectivity index is 1.77. The van der Waals surface area contributed by atoms with Crippen LogP contribution in [0.3, 0.4) is 0 Å². The summed E-state index contributed by atoms with van der Waals surface area (Å²) in [4.78, 5) is 0. The molecular formula is C18H21NO. The molecule has 0 spiro atoms. The number of rotatable bonds is 0. The van der Waals surface area contributed by atoms with E-state index in [0.29, 0.717) is 17.2 Å². The van der Waals surface area contributed by atoms with E-state index in [4.69, 9.17) is 0 Å². The van der Waals surface area contributed by atoms with E-state index in [2.05, 4.69) is 23.5 Å². The van der Waals surface area contributed by atoms with Crippen LogP contribution in [0.1, 0.15) is 54.4 Å². The number of phenols is 1. The van der Waals surface area contributed by atoms with Gasteiger partial charge in [0.15, 0.2) is 0 Å². The van der Waals surface area contributed by atoms with Crippen LogP contribution < -0.4 is 5.32 Å². The van der Waals surface area contributed by atoms with Crippen LogP contribution in [-0.4, -0.2) is 17.7 Å². The molecule has 20 heavy (non-hydrogen) atoms. The predicted octanol–water partition coefficient (Wildman–Crippen LogP) is 3.22. The lowest BCUT2D eigenvalue weighted by molar-refractivity contribution is 0.0794. The topological polar surface area (TPSA) is 32.3 Å². The summed E-state index contributed by atoms with van der Waals surface area (Å²) in [5.41, 5.74) is 5.80. The molecule has 2 fully saturated rings. The Hall–Kier alpha value is -1.28. The molecule has 2 bridgehead atoms. The molecule has 2 nitrogen and oxygen atoms in total. The van der Waals surface area contributed by atoms with Crippen molar-refractivity contribution in [3.63, 3.8) is 0 Å². The fourth-order valence-electron chi connectivity index (χ4n) is 5.54. The normalized spacial score (nSPS) is 36.6. The van der Waals surface area contributed by atoms with Gasteiger partial charge in [0.2, 0.25) is 0 Å². The number of piperidine rings is 1. The number of nitrogens with one attached hydrogen (secondary N) is 1. The molecule has 1 aromatic carbocycles. The number of benzene rings is 1. The van der Waals surface area contributed by atoms with Crippen molar-refractivity contribution >= 4 is 12.2 Å². The Bertz CT molecular complexity index is 629. The van der Waals surface area contributed by atoms with Crippen LogP contribution >= 0.6 is 0 Å². The van der Waals surface area contributed by atoms with Crippen molar-refractivity contribution in [3.05, 3.63) is 28.3 Å². The van der Waals surface area contributed by atoms with Gasteiger partial charge in [-0.2, -0.15) is 0 Å². The molecule has 1 saturated heterocycles. The van der Waals surface area contributed by atoms with Gasteiger partial charge in [-0.15, -0.1) is 0 Å². The van der Waals surface area contributed by atoms with Crippen molar-refractivity contribution in [1.82, 2.24) is 5.32 Å². The lowest BCUT2D eigenvalue weighted by atomic mass is 9.52. The Morgan fingerprint density at radius 1 is 1.15 bits per heavy atom. The molecule has 0 radical (unpaired) electrons. The summed E-state index contributed by atoms with van der Waals surface area (Å²) in [5.74, 6) is 1.30. The van der Waals surface area contributed by atoms with E-state index in [1.165, 1.54) is 48.8 Å². The third-order valence-electron chi connectivity index (χ3n) is 6.44. The first-order valence-electron chi connectivity index (χ1n) is 8.10. The van der Waals surface area contributed by atoms with Gasteiger partial charge in [0.25, 0.3) is 0 Å². The van der Waals surface area contributed by atoms with E-state index < -0.39 is 0 Å². The molecule has 1 aliphatic heterocycles. The smallest absolute Gasteiger partial charge is 0.123 e. The van der Waals surface area contributed by atoms with Gasteiger partial charge in [0.05, 0.1) is 0 Å². The molecule has 0 unspecified atom stereocenters. The first-order chi connectivity index (χ1) is 9.79. The van der Waals surface area contributed by atoms with Crippen LogP contribution in [0.25, 0.3) is 12.2 Å². The van der Waals surface area contributed by atoms with Crippen LogP contribution in [-0.2, 0) is 11.8 Å². The first kappa shape index (κ1) is 11.4. The zero-order valence-corrected chi connectivity index (χ0v) is 11.8. The van der Waals surface area contributed by atoms with Crippen LogP contribution in [0.5, 0.6) is 5.75 Å². The van der Waals surface area contributed by atoms with E-state index in [0.717, 1.165) is 24.4 Å². The van der Waals surface area contributed by atoms with Gasteiger partial charge < -0.3 is 10.4 Å². The average Bonchev–Trinajstić information content (AvgIpc) is 2.40. The molecule has 0 aromatic heterocycles. The van der Waals surface area contributed by atoms with Crippen molar-refractivity contribution in [1.29, 1.82) is 0 Å². The second kappa shape index (κ2) is 3.67. The minimum atomic E-state index is 0.359. The molecule has 2 heteroatoms. The zero-order valence-electron chi connectivity index (χ0n) is 11.8. The van der Waals surface area contributed by atoms with E-state index in [-0.39, 0.29) is 0 Å². The van der Waals surface area contributed by atoms with Crippen LogP contribution in [0.15, 0.2) is 6.07 Å². The lowest BCUT2D eigenvalue weighted by Gasteiger charge is -2.56. The molecule has 4 aliphatic rings. The van der Waals surface area contributed by atoms with E-state index in [9.17, 15) is 5.11 Å². The monoisotopic (exact) mass is 267 g/mol. The van der Waals surface area contributed by atoms with E-state index in [1.807, 2.05) is 0 Å². The third-order valence-corrected chi connectivity index (χ3v) is 6.44. The third kappa shape index (κ3) is 1.20. The second-order valence-electron chi connectivity index (χ2n) is 7.11. The van der Waals surface area contributed by atoms with E-state index in [1.54, 1.807) is 0 Å². The number of fused-ring (bicyclic) bond motifs is 3. The van der Waals surface area contributed by atoms with Gasteiger partial charge in [-0.25, -0.2) is 0 Å². The summed E-state index contributed by atoms with van der Waals surface area (Å²) in [6.45, 7) is 1.15. The first-order valence-corrected chi connectivity index (χ1v) is 8.10. The fraction of sp³-hybridized carbons (Fsp3) is 0.556. The van der Waals surface area contributed by atoms with Gasteiger partial charge in [-0.05, 0) is 60.9 Å². The maximum absolute atomic E-state index is 10.3. The van der Waals surface area contributed by atoms with Gasteiger partial charge in [0.1, 0.15) is 5.75 Å². The summed E-state index contributed by atoms with van der Waals surface area (Å²) < 4.78 is 0. The number of hydrogen-bond donors (Lipinski definition) is 2. The molecule has 1 saturated carbocycles. The summed E-state index contributed by atoms with van der Waals surface area (Å²) in [6, 6.07) is 2.79. The molecule has 1 heterocycles. The largest absolute Gasteiger partial charge is 0.507 e. The number of hydrogen-bond acceptors (Lipinski definition) is 2. The van der Waals surface area contributed by atoms with Gasteiger partial charge in [0, 0.05) is 17.0 Å². The quantitative estimate of drug-likeness (QED) is 0.768. The van der Waals surface area contributed by atoms with Crippen molar-refractivity contribution in [2.24, 2.45) is 5.92 Å². The molecule has 5 rings (SSSR count). The van der Waals surface area contributed by atoms with Crippen molar-refractivity contribution in [2.75, 3.05) is 6.54 Å². The molecule has 3 atom stereocenters. The highest BCUT2D eigenvalue weighted by molar-refractivity contribution is 5.91. The molecule has 1 aromatic rings. The molecule has 2 N–H and O–H groups in total. The summed E-state index contributed by atoms with van der Waals surface area (Å²) >= 11 is 0. The van der Waals surface area contributed by atoms with Gasteiger partial charge in [-0.1, -0.05) is 25.0 Å². The van der Waals surface area contributed by atoms with E-state index >= 15 is 0 Å². The minimum Gasteiger partial charge on any atom is -0.507 e. The molecule has 104 valence electrons. The summed E-state index contributed by atoms with van der Waals surface area (Å²) in [7, 11) is 0. The zero-order chi connectivity index (χ0) is 13.3. The Kier molecular flexibility index (Phi) is 2.09. The predicted molar refractivity (Wildman–Crippen MR) is 80.8 cm³/mol. The highest BCUT2D eigenvalue weighted by Crippen LogP contribution is 2.56. The number of aromatic hydroxyl groups is 1. The highest BCUT2D eigenvalue weighted by Gasteiger charge is 2.52. The molecule has 3 aliphatic carbocycles. The number of phenolic OH excluding ortho intramolecular Hbond substituents is 1. The van der Waals surface area contributed by atoms with Crippen molar-refractivity contribution < 1.29 is 5.11 Å². The Morgan fingerprint density at radius 3 is 2.90 bits per heavy atom. The maximum Gasteiger partial charge on any atom is 0.123 e. The highest BCUT2D eigenvalue weighted by atomic mass is 16.3. The lowest BCUT2D eigenvalue weighted by Crippen LogP contribution is -2.59. The van der Waals surface area contributed by atoms with Crippen LogP contribution in [0, 0.1) is 5.92 Å². The Morgan fingerprint density at radius 2 is 2.05 bits per heavy atom. The summed E-state index contributed by atoms with van der Waals surface area (Å²) in [5, 5.41) is 14.1. The van der Waals surface area contributed by atoms with Gasteiger partial charge in [-0.3, -0.25) is 0 Å². The fourth-order valence-corrected chi connectivity index (χ4v) is 5.54. The molecule has 0 amide bonds. The minimum absolute atomic E-state index is 0.359. The Labute approximate surface area is 119 Å². The second-order valence-corrected chi connectivity index (χ2v) is 7.11. The van der Waals surface area contributed by atoms with Crippen LogP contribution in [0.4, 0.5) is 0 Å². The molecular weight excluding hydrogens is 246 g/mol. The summed E-state index contributed by atoms with van der Waals surface area (Å²) in [6.07, 6.45) is 12.1. The average molecular weight is 267 g/mol. The van der Waals surface area contributed by atoms with Crippen molar-refractivity contribution in [2.45, 2.75) is 50.0 Å². The SMILES string of the molecule is Oc1cc2c(c3c1C=C3)C[C@H]1NCC[C@@]23CCCC[C@@H]13. The van der Waals surface area contributed by atoms with Gasteiger partial charge >= 0.3 is 0 Å². The van der Waals surface area contributed by atoms with Crippen LogP contribution in [0.2, 0.25) is 0 Å². The standard InChI is InChI=1S/C18H21NO/c20-17-10-15-13(11-4-5-12(11)17)9-16-14-3-1-2-6-18(14,15)7-8-19-16/h4-5,10,14,16,19-20H,1-3,6-9H2/t14-,16+,18+/m0/s1.